The third-order valence-corrected chi connectivity index (χ3v) is 6.30. The highest BCUT2D eigenvalue weighted by Crippen LogP contribution is 2.49. The minimum Gasteiger partial charge on any atom is -0.481 e. The fourth-order valence-corrected chi connectivity index (χ4v) is 4.76. The number of rotatable bonds is 3. The van der Waals surface area contributed by atoms with Crippen LogP contribution >= 0.6 is 0 Å². The third-order valence-electron chi connectivity index (χ3n) is 6.30. The van der Waals surface area contributed by atoms with E-state index in [1.165, 1.54) is 0 Å². The maximum absolute atomic E-state index is 13.1. The molecule has 0 amide bonds. The van der Waals surface area contributed by atoms with E-state index >= 15 is 0 Å². The van der Waals surface area contributed by atoms with Crippen molar-refractivity contribution >= 4 is 5.97 Å². The molecule has 0 radical (unpaired) electrons. The number of carboxylic acids is 1. The number of nitrogens with one attached hydrogen (secondary N) is 2. The third kappa shape index (κ3) is 4.91. The molecule has 6 unspecified atom stereocenters. The molecule has 5 nitrogen and oxygen atoms in total. The molecular weight excluding hydrogens is 394 g/mol. The Labute approximate surface area is 158 Å². The first kappa shape index (κ1) is 21.6. The van der Waals surface area contributed by atoms with E-state index in [2.05, 4.69) is 10.8 Å². The smallest absolute Gasteiger partial charge is 0.391 e. The van der Waals surface area contributed by atoms with E-state index in [1.807, 2.05) is 0 Å². The first-order valence-electron chi connectivity index (χ1n) is 9.48. The van der Waals surface area contributed by atoms with Crippen LogP contribution in [-0.2, 0) is 9.63 Å². The minimum absolute atomic E-state index is 0.111. The first-order valence-corrected chi connectivity index (χ1v) is 9.48. The SMILES string of the molecule is O=C(O)C1CCCC(C2NOC(C3CC(C(F)(F)F)CC(C(F)(F)F)C3)N2)C1. The van der Waals surface area contributed by atoms with Crippen LogP contribution in [0.1, 0.15) is 44.9 Å². The number of hydrogen-bond donors (Lipinski definition) is 3. The Bertz CT molecular complexity index is 548. The summed E-state index contributed by atoms with van der Waals surface area (Å²) in [7, 11) is 0. The molecule has 0 spiro atoms. The van der Waals surface area contributed by atoms with Crippen LogP contribution in [0.3, 0.4) is 0 Å². The Morgan fingerprint density at radius 1 is 0.893 bits per heavy atom. The van der Waals surface area contributed by atoms with Crippen LogP contribution < -0.4 is 10.8 Å². The van der Waals surface area contributed by atoms with Crippen LogP contribution in [0.15, 0.2) is 0 Å². The van der Waals surface area contributed by atoms with Crippen molar-refractivity contribution in [3.63, 3.8) is 0 Å². The van der Waals surface area contributed by atoms with Gasteiger partial charge in [0.15, 0.2) is 0 Å². The fourth-order valence-electron chi connectivity index (χ4n) is 4.76. The van der Waals surface area contributed by atoms with Crippen LogP contribution in [0.25, 0.3) is 0 Å². The molecule has 28 heavy (non-hydrogen) atoms. The van der Waals surface area contributed by atoms with E-state index in [4.69, 9.17) is 4.84 Å². The van der Waals surface area contributed by atoms with Crippen LogP contribution in [0, 0.1) is 29.6 Å². The largest absolute Gasteiger partial charge is 0.481 e. The molecule has 3 N–H and O–H groups in total. The molecule has 0 aromatic rings. The van der Waals surface area contributed by atoms with Crippen LogP contribution in [0.4, 0.5) is 26.3 Å². The first-order chi connectivity index (χ1) is 12.9. The van der Waals surface area contributed by atoms with Gasteiger partial charge in [-0.05, 0) is 44.4 Å². The quantitative estimate of drug-likeness (QED) is 0.608. The van der Waals surface area contributed by atoms with Gasteiger partial charge in [-0.25, -0.2) is 0 Å². The zero-order valence-electron chi connectivity index (χ0n) is 15.0. The number of carboxylic acid groups (broad SMARTS) is 1. The van der Waals surface area contributed by atoms with Crippen LogP contribution in [0.2, 0.25) is 0 Å². The molecule has 3 aliphatic rings. The second-order valence-corrected chi connectivity index (χ2v) is 8.21. The summed E-state index contributed by atoms with van der Waals surface area (Å²) in [6, 6.07) is 0. The maximum Gasteiger partial charge on any atom is 0.391 e. The molecule has 6 atom stereocenters. The molecule has 2 saturated carbocycles. The van der Waals surface area contributed by atoms with Gasteiger partial charge in [0, 0.05) is 5.92 Å². The van der Waals surface area contributed by atoms with Gasteiger partial charge in [0.25, 0.3) is 0 Å². The predicted octanol–water partition coefficient (Wildman–Crippen LogP) is 3.81. The Morgan fingerprint density at radius 2 is 1.50 bits per heavy atom. The lowest BCUT2D eigenvalue weighted by molar-refractivity contribution is -0.234. The highest BCUT2D eigenvalue weighted by atomic mass is 19.4. The van der Waals surface area contributed by atoms with Crippen LogP contribution in [0.5, 0.6) is 0 Å². The molecule has 11 heteroatoms. The van der Waals surface area contributed by atoms with Crippen molar-refractivity contribution in [2.45, 2.75) is 69.7 Å². The highest BCUT2D eigenvalue weighted by molar-refractivity contribution is 5.70. The molecule has 0 aromatic heterocycles. The predicted molar refractivity (Wildman–Crippen MR) is 84.4 cm³/mol. The summed E-state index contributed by atoms with van der Waals surface area (Å²) >= 11 is 0. The summed E-state index contributed by atoms with van der Waals surface area (Å²) in [5.74, 6) is -6.49. The Morgan fingerprint density at radius 3 is 2.04 bits per heavy atom. The van der Waals surface area contributed by atoms with Gasteiger partial charge in [-0.15, -0.1) is 0 Å². The van der Waals surface area contributed by atoms with Gasteiger partial charge in [0.05, 0.1) is 23.9 Å². The Kier molecular flexibility index (Phi) is 6.17. The molecular formula is C17H24F6N2O3. The van der Waals surface area contributed by atoms with Crippen molar-refractivity contribution in [2.24, 2.45) is 29.6 Å². The zero-order valence-corrected chi connectivity index (χ0v) is 15.0. The summed E-state index contributed by atoms with van der Waals surface area (Å²) in [4.78, 5) is 16.5. The lowest BCUT2D eigenvalue weighted by Crippen LogP contribution is -2.47. The van der Waals surface area contributed by atoms with E-state index in [1.54, 1.807) is 0 Å². The van der Waals surface area contributed by atoms with Crippen molar-refractivity contribution < 1.29 is 41.1 Å². The van der Waals surface area contributed by atoms with Crippen molar-refractivity contribution in [3.8, 4) is 0 Å². The summed E-state index contributed by atoms with van der Waals surface area (Å²) in [5, 5.41) is 12.2. The highest BCUT2D eigenvalue weighted by Gasteiger charge is 2.54. The van der Waals surface area contributed by atoms with Gasteiger partial charge in [-0.3, -0.25) is 14.9 Å². The molecule has 0 bridgehead atoms. The van der Waals surface area contributed by atoms with Gasteiger partial charge in [0.2, 0.25) is 0 Å². The van der Waals surface area contributed by atoms with E-state index in [9.17, 15) is 36.2 Å². The van der Waals surface area contributed by atoms with Gasteiger partial charge >= 0.3 is 18.3 Å². The standard InChI is InChI=1S/C17H24F6N2O3/c18-16(19,20)11-5-10(6-12(7-11)17(21,22)23)14-24-13(25-28-14)8-2-1-3-9(4-8)15(26)27/h8-14,24-25H,1-7H2,(H,26,27). The second kappa shape index (κ2) is 7.98. The molecule has 3 fully saturated rings. The number of halogens is 6. The van der Waals surface area contributed by atoms with Crippen molar-refractivity contribution in [1.29, 1.82) is 0 Å². The van der Waals surface area contributed by atoms with E-state index in [0.717, 1.165) is 0 Å². The molecule has 1 heterocycles. The van der Waals surface area contributed by atoms with Gasteiger partial charge in [-0.2, -0.15) is 31.8 Å². The topological polar surface area (TPSA) is 70.6 Å². The average molecular weight is 418 g/mol. The van der Waals surface area contributed by atoms with E-state index in [-0.39, 0.29) is 5.92 Å². The van der Waals surface area contributed by atoms with Crippen LogP contribution in [-0.4, -0.2) is 35.8 Å². The normalized spacial score (nSPS) is 40.4. The average Bonchev–Trinajstić information content (AvgIpc) is 3.10. The molecule has 2 aliphatic carbocycles. The number of hydroxylamine groups is 1. The van der Waals surface area contributed by atoms with E-state index in [0.29, 0.717) is 25.7 Å². The number of hydrogen-bond acceptors (Lipinski definition) is 4. The minimum atomic E-state index is -4.69. The zero-order chi connectivity index (χ0) is 20.7. The number of carbonyl (C=O) groups is 1. The number of alkyl halides is 6. The summed E-state index contributed by atoms with van der Waals surface area (Å²) in [5.41, 5.74) is 2.67. The molecule has 1 aliphatic heterocycles. The van der Waals surface area contributed by atoms with E-state index < -0.39 is 73.6 Å². The van der Waals surface area contributed by atoms with Crippen molar-refractivity contribution in [2.75, 3.05) is 0 Å². The lowest BCUT2D eigenvalue weighted by atomic mass is 9.73. The lowest BCUT2D eigenvalue weighted by Gasteiger charge is -2.38. The molecule has 3 rings (SSSR count). The van der Waals surface area contributed by atoms with Crippen molar-refractivity contribution in [3.05, 3.63) is 0 Å². The summed E-state index contributed by atoms with van der Waals surface area (Å²) in [6.45, 7) is 0. The Balaban J connectivity index is 1.65. The summed E-state index contributed by atoms with van der Waals surface area (Å²) in [6.07, 6.45) is -10.3. The fraction of sp³-hybridized carbons (Fsp3) is 0.941. The van der Waals surface area contributed by atoms with Gasteiger partial charge in [0.1, 0.15) is 6.23 Å². The van der Waals surface area contributed by atoms with Gasteiger partial charge < -0.3 is 5.11 Å². The van der Waals surface area contributed by atoms with Crippen molar-refractivity contribution in [1.82, 2.24) is 10.8 Å². The molecule has 0 aromatic carbocycles. The number of aliphatic carboxylic acids is 1. The van der Waals surface area contributed by atoms with Gasteiger partial charge in [-0.1, -0.05) is 6.42 Å². The Hall–Kier alpha value is -1.07. The summed E-state index contributed by atoms with van der Waals surface area (Å²) < 4.78 is 78.9. The maximum atomic E-state index is 13.1. The monoisotopic (exact) mass is 418 g/mol. The second-order valence-electron chi connectivity index (χ2n) is 8.21. The molecule has 1 saturated heterocycles. The molecule has 162 valence electrons.